The highest BCUT2D eigenvalue weighted by Gasteiger charge is 2.12. The van der Waals surface area contributed by atoms with E-state index in [1.54, 1.807) is 13.2 Å². The second kappa shape index (κ2) is 5.98. The summed E-state index contributed by atoms with van der Waals surface area (Å²) in [4.78, 5) is 16.7. The first-order valence-electron chi connectivity index (χ1n) is 6.18. The predicted molar refractivity (Wildman–Crippen MR) is 93.3 cm³/mol. The lowest BCUT2D eigenvalue weighted by Gasteiger charge is -2.03. The van der Waals surface area contributed by atoms with Crippen molar-refractivity contribution < 1.29 is 9.53 Å². The normalized spacial score (nSPS) is 10.6. The fourth-order valence-corrected chi connectivity index (χ4v) is 3.42. The van der Waals surface area contributed by atoms with E-state index in [0.29, 0.717) is 10.7 Å². The van der Waals surface area contributed by atoms with Gasteiger partial charge in [0.2, 0.25) is 0 Å². The molecular formula is C15H11IN2O2S. The minimum atomic E-state index is -0.147. The fraction of sp³-hybridized carbons (Fsp3) is 0.0667. The predicted octanol–water partition coefficient (Wildman–Crippen LogP) is 4.16. The summed E-state index contributed by atoms with van der Waals surface area (Å²) >= 11 is 3.58. The minimum absolute atomic E-state index is 0.147. The first kappa shape index (κ1) is 14.3. The highest BCUT2D eigenvalue weighted by Crippen LogP contribution is 2.29. The number of fused-ring (bicyclic) bond motifs is 1. The summed E-state index contributed by atoms with van der Waals surface area (Å²) in [6, 6.07) is 13.1. The average Bonchev–Trinajstić information content (AvgIpc) is 2.88. The topological polar surface area (TPSA) is 51.2 Å². The molecule has 0 aliphatic rings. The quantitative estimate of drug-likeness (QED) is 0.660. The molecule has 2 aromatic carbocycles. The van der Waals surface area contributed by atoms with Crippen molar-refractivity contribution in [3.63, 3.8) is 0 Å². The molecule has 0 saturated carbocycles. The molecule has 1 N–H and O–H groups in total. The van der Waals surface area contributed by atoms with Gasteiger partial charge >= 0.3 is 0 Å². The number of benzene rings is 2. The van der Waals surface area contributed by atoms with E-state index >= 15 is 0 Å². The van der Waals surface area contributed by atoms with Gasteiger partial charge in [0.15, 0.2) is 5.13 Å². The molecule has 1 heterocycles. The van der Waals surface area contributed by atoms with Crippen LogP contribution in [0.5, 0.6) is 5.75 Å². The van der Waals surface area contributed by atoms with Crippen LogP contribution in [0.4, 0.5) is 5.13 Å². The Morgan fingerprint density at radius 3 is 2.86 bits per heavy atom. The number of carbonyl (C=O) groups is 1. The van der Waals surface area contributed by atoms with Gasteiger partial charge in [-0.3, -0.25) is 10.1 Å². The molecule has 0 unspecified atom stereocenters. The molecule has 0 saturated heterocycles. The Kier molecular flexibility index (Phi) is 4.07. The van der Waals surface area contributed by atoms with Crippen molar-refractivity contribution in [1.29, 1.82) is 0 Å². The van der Waals surface area contributed by atoms with Gasteiger partial charge in [0.25, 0.3) is 5.91 Å². The summed E-state index contributed by atoms with van der Waals surface area (Å²) in [6.45, 7) is 0. The van der Waals surface area contributed by atoms with Crippen LogP contribution in [-0.2, 0) is 0 Å². The van der Waals surface area contributed by atoms with Crippen molar-refractivity contribution in [2.24, 2.45) is 0 Å². The first-order chi connectivity index (χ1) is 10.2. The molecule has 0 radical (unpaired) electrons. The molecule has 0 aliphatic carbocycles. The van der Waals surface area contributed by atoms with Crippen LogP contribution in [0.2, 0.25) is 0 Å². The molecule has 4 nitrogen and oxygen atoms in total. The van der Waals surface area contributed by atoms with Crippen LogP contribution >= 0.6 is 33.9 Å². The highest BCUT2D eigenvalue weighted by atomic mass is 127. The number of thiazole rings is 1. The Morgan fingerprint density at radius 2 is 2.10 bits per heavy atom. The van der Waals surface area contributed by atoms with Gasteiger partial charge < -0.3 is 4.74 Å². The summed E-state index contributed by atoms with van der Waals surface area (Å²) in [7, 11) is 1.63. The number of carbonyl (C=O) groups excluding carboxylic acids is 1. The van der Waals surface area contributed by atoms with Crippen LogP contribution in [-0.4, -0.2) is 18.0 Å². The lowest BCUT2D eigenvalue weighted by Crippen LogP contribution is -2.12. The first-order valence-corrected chi connectivity index (χ1v) is 8.07. The zero-order chi connectivity index (χ0) is 14.8. The molecule has 1 aromatic heterocycles. The molecule has 0 bridgehead atoms. The van der Waals surface area contributed by atoms with Crippen LogP contribution in [0.3, 0.4) is 0 Å². The van der Waals surface area contributed by atoms with Crippen molar-refractivity contribution in [2.75, 3.05) is 12.4 Å². The number of halogens is 1. The van der Waals surface area contributed by atoms with E-state index in [-0.39, 0.29) is 5.91 Å². The Morgan fingerprint density at radius 1 is 1.29 bits per heavy atom. The minimum Gasteiger partial charge on any atom is -0.497 e. The van der Waals surface area contributed by atoms with Crippen molar-refractivity contribution in [3.05, 3.63) is 51.6 Å². The zero-order valence-corrected chi connectivity index (χ0v) is 14.1. The van der Waals surface area contributed by atoms with Gasteiger partial charge in [-0.15, -0.1) is 0 Å². The smallest absolute Gasteiger partial charge is 0.258 e. The van der Waals surface area contributed by atoms with Crippen molar-refractivity contribution in [3.8, 4) is 5.75 Å². The van der Waals surface area contributed by atoms with Crippen LogP contribution in [0.1, 0.15) is 10.4 Å². The molecule has 1 amide bonds. The molecule has 3 rings (SSSR count). The van der Waals surface area contributed by atoms with E-state index in [9.17, 15) is 4.79 Å². The summed E-state index contributed by atoms with van der Waals surface area (Å²) in [5.74, 6) is 0.632. The van der Waals surface area contributed by atoms with E-state index < -0.39 is 0 Å². The van der Waals surface area contributed by atoms with Crippen LogP contribution in [0.25, 0.3) is 10.2 Å². The summed E-state index contributed by atoms with van der Waals surface area (Å²) in [5.41, 5.74) is 1.49. The maximum absolute atomic E-state index is 12.3. The molecule has 0 fully saturated rings. The number of methoxy groups -OCH3 is 1. The van der Waals surface area contributed by atoms with Gasteiger partial charge in [-0.25, -0.2) is 4.98 Å². The molecule has 106 valence electrons. The van der Waals surface area contributed by atoms with Gasteiger partial charge in [0.05, 0.1) is 22.9 Å². The number of nitrogens with zero attached hydrogens (tertiary/aromatic N) is 1. The number of aromatic nitrogens is 1. The largest absolute Gasteiger partial charge is 0.497 e. The van der Waals surface area contributed by atoms with Crippen LogP contribution in [0.15, 0.2) is 42.5 Å². The Bertz CT molecular complexity index is 816. The molecule has 6 heteroatoms. The lowest BCUT2D eigenvalue weighted by atomic mass is 10.2. The molecular weight excluding hydrogens is 399 g/mol. The second-order valence-corrected chi connectivity index (χ2v) is 6.48. The summed E-state index contributed by atoms with van der Waals surface area (Å²) in [6.07, 6.45) is 0. The molecule has 0 atom stereocenters. The molecule has 21 heavy (non-hydrogen) atoms. The summed E-state index contributed by atoms with van der Waals surface area (Å²) < 4.78 is 7.08. The Hall–Kier alpha value is -1.67. The van der Waals surface area contributed by atoms with Gasteiger partial charge in [-0.1, -0.05) is 23.5 Å². The van der Waals surface area contributed by atoms with Gasteiger partial charge in [-0.05, 0) is 52.9 Å². The van der Waals surface area contributed by atoms with E-state index in [1.807, 2.05) is 36.4 Å². The third-order valence-corrected chi connectivity index (χ3v) is 4.81. The number of hydrogen-bond acceptors (Lipinski definition) is 4. The van der Waals surface area contributed by atoms with Crippen LogP contribution < -0.4 is 10.1 Å². The highest BCUT2D eigenvalue weighted by molar-refractivity contribution is 14.1. The standard InChI is InChI=1S/C15H11IN2O2S/c1-20-9-6-7-12-13(8-9)21-15(17-12)18-14(19)10-4-2-3-5-11(10)16/h2-8H,1H3,(H,17,18,19). The number of anilines is 1. The lowest BCUT2D eigenvalue weighted by molar-refractivity contribution is 0.102. The van der Waals surface area contributed by atoms with Crippen LogP contribution in [0, 0.1) is 3.57 Å². The molecule has 3 aromatic rings. The average molecular weight is 410 g/mol. The zero-order valence-electron chi connectivity index (χ0n) is 11.1. The van der Waals surface area contributed by atoms with E-state index in [4.69, 9.17) is 4.74 Å². The third-order valence-electron chi connectivity index (χ3n) is 2.93. The number of ether oxygens (including phenoxy) is 1. The number of hydrogen-bond donors (Lipinski definition) is 1. The van der Waals surface area contributed by atoms with Gasteiger partial charge in [0, 0.05) is 3.57 Å². The van der Waals surface area contributed by atoms with Crippen molar-refractivity contribution in [2.45, 2.75) is 0 Å². The maximum atomic E-state index is 12.3. The van der Waals surface area contributed by atoms with Gasteiger partial charge in [0.1, 0.15) is 5.75 Å². The maximum Gasteiger partial charge on any atom is 0.258 e. The summed E-state index contributed by atoms with van der Waals surface area (Å²) in [5, 5.41) is 3.43. The SMILES string of the molecule is COc1ccc2nc(NC(=O)c3ccccc3I)sc2c1. The fourth-order valence-electron chi connectivity index (χ4n) is 1.90. The van der Waals surface area contributed by atoms with E-state index in [1.165, 1.54) is 11.3 Å². The van der Waals surface area contributed by atoms with Crippen molar-refractivity contribution >= 4 is 55.2 Å². The van der Waals surface area contributed by atoms with E-state index in [2.05, 4.69) is 32.9 Å². The molecule has 0 spiro atoms. The number of nitrogens with one attached hydrogen (secondary N) is 1. The number of amides is 1. The monoisotopic (exact) mass is 410 g/mol. The Balaban J connectivity index is 1.88. The van der Waals surface area contributed by atoms with E-state index in [0.717, 1.165) is 19.5 Å². The van der Waals surface area contributed by atoms with Gasteiger partial charge in [-0.2, -0.15) is 0 Å². The second-order valence-electron chi connectivity index (χ2n) is 4.29. The van der Waals surface area contributed by atoms with Crippen molar-refractivity contribution in [1.82, 2.24) is 4.98 Å². The third kappa shape index (κ3) is 3.01. The molecule has 0 aliphatic heterocycles. The Labute approximate surface area is 139 Å². The number of rotatable bonds is 3.